The Hall–Kier alpha value is -2.96. The summed E-state index contributed by atoms with van der Waals surface area (Å²) in [7, 11) is 0. The third-order valence-corrected chi connectivity index (χ3v) is 5.20. The molecule has 0 atom stereocenters. The Morgan fingerprint density at radius 1 is 1.33 bits per heavy atom. The molecule has 2 N–H and O–H groups in total. The largest absolute Gasteiger partial charge is 0.349 e. The number of carbonyl (C=O) groups excluding carboxylic acids is 1. The van der Waals surface area contributed by atoms with Crippen LogP contribution < -0.4 is 16.4 Å². The summed E-state index contributed by atoms with van der Waals surface area (Å²) in [6.45, 7) is 2.52. The number of nitrogens with one attached hydrogen (secondary N) is 2. The molecule has 1 amide bonds. The molecule has 3 aromatic rings. The minimum Gasteiger partial charge on any atom is -0.349 e. The second-order valence-corrected chi connectivity index (χ2v) is 7.10. The summed E-state index contributed by atoms with van der Waals surface area (Å²) in [6.07, 6.45) is 6.61. The molecule has 1 fully saturated rings. The standard InChI is InChI=1S/C20H23N5O2/c1-2-10-25-17(21)14(19(26)22-13-7-3-4-8-13)12-15-18(25)23-16-9-5-6-11-24(16)20(15)27/h5-6,9,11-13,21H,2-4,7-8,10H2,1H3,(H,22,26). The second kappa shape index (κ2) is 6.98. The number of amides is 1. The molecule has 1 aliphatic carbocycles. The van der Waals surface area contributed by atoms with Crippen LogP contribution in [0.2, 0.25) is 0 Å². The Morgan fingerprint density at radius 2 is 2.11 bits per heavy atom. The Kier molecular flexibility index (Phi) is 4.51. The van der Waals surface area contributed by atoms with E-state index in [1.165, 1.54) is 10.5 Å². The smallest absolute Gasteiger partial charge is 0.267 e. The van der Waals surface area contributed by atoms with Gasteiger partial charge in [-0.2, -0.15) is 0 Å². The Morgan fingerprint density at radius 3 is 2.85 bits per heavy atom. The van der Waals surface area contributed by atoms with Crippen LogP contribution >= 0.6 is 0 Å². The molecular formula is C20H23N5O2. The normalized spacial score (nSPS) is 14.9. The highest BCUT2D eigenvalue weighted by molar-refractivity contribution is 5.97. The molecule has 4 rings (SSSR count). The lowest BCUT2D eigenvalue weighted by molar-refractivity contribution is 0.0935. The Labute approximate surface area is 156 Å². The molecule has 0 aliphatic heterocycles. The minimum atomic E-state index is -0.281. The van der Waals surface area contributed by atoms with E-state index >= 15 is 0 Å². The van der Waals surface area contributed by atoms with Gasteiger partial charge in [0.25, 0.3) is 11.5 Å². The molecule has 0 aromatic carbocycles. The number of aromatic nitrogens is 3. The first-order valence-corrected chi connectivity index (χ1v) is 9.50. The number of pyridine rings is 2. The summed E-state index contributed by atoms with van der Waals surface area (Å²) < 4.78 is 3.15. The van der Waals surface area contributed by atoms with Crippen molar-refractivity contribution in [2.24, 2.45) is 0 Å². The lowest BCUT2D eigenvalue weighted by atomic mass is 10.1. The molecule has 0 spiro atoms. The van der Waals surface area contributed by atoms with Crippen LogP contribution in [0, 0.1) is 5.41 Å². The van der Waals surface area contributed by atoms with Crippen LogP contribution in [0.5, 0.6) is 0 Å². The lowest BCUT2D eigenvalue weighted by Crippen LogP contribution is -2.38. The maximum absolute atomic E-state index is 13.0. The molecule has 0 unspecified atom stereocenters. The van der Waals surface area contributed by atoms with Crippen molar-refractivity contribution in [2.75, 3.05) is 0 Å². The molecule has 7 nitrogen and oxygen atoms in total. The second-order valence-electron chi connectivity index (χ2n) is 7.10. The first-order chi connectivity index (χ1) is 13.1. The van der Waals surface area contributed by atoms with Crippen molar-refractivity contribution in [1.82, 2.24) is 19.3 Å². The van der Waals surface area contributed by atoms with Crippen LogP contribution in [0.15, 0.2) is 35.3 Å². The van der Waals surface area contributed by atoms with Gasteiger partial charge in [-0.3, -0.25) is 19.4 Å². The SMILES string of the molecule is CCCn1c(=N)c(C(=O)NC2CCCC2)cc2c(=O)n3ccccc3nc21. The van der Waals surface area contributed by atoms with Crippen LogP contribution in [-0.2, 0) is 6.54 Å². The maximum Gasteiger partial charge on any atom is 0.267 e. The van der Waals surface area contributed by atoms with E-state index < -0.39 is 0 Å². The van der Waals surface area contributed by atoms with E-state index in [1.807, 2.05) is 13.0 Å². The molecule has 7 heteroatoms. The average molecular weight is 365 g/mol. The van der Waals surface area contributed by atoms with Crippen LogP contribution in [0.3, 0.4) is 0 Å². The zero-order valence-corrected chi connectivity index (χ0v) is 15.4. The fraction of sp³-hybridized carbons (Fsp3) is 0.400. The minimum absolute atomic E-state index is 0.104. The van der Waals surface area contributed by atoms with Gasteiger partial charge in [-0.1, -0.05) is 25.8 Å². The van der Waals surface area contributed by atoms with Gasteiger partial charge in [0.05, 0.1) is 10.9 Å². The fourth-order valence-corrected chi connectivity index (χ4v) is 3.83. The molecule has 1 saturated carbocycles. The molecule has 0 saturated heterocycles. The average Bonchev–Trinajstić information content (AvgIpc) is 3.17. The molecule has 140 valence electrons. The molecule has 3 aromatic heterocycles. The monoisotopic (exact) mass is 365 g/mol. The van der Waals surface area contributed by atoms with E-state index in [0.717, 1.165) is 32.1 Å². The van der Waals surface area contributed by atoms with Crippen molar-refractivity contribution in [3.05, 3.63) is 51.9 Å². The number of rotatable bonds is 4. The van der Waals surface area contributed by atoms with Gasteiger partial charge in [-0.15, -0.1) is 0 Å². The van der Waals surface area contributed by atoms with Gasteiger partial charge in [0, 0.05) is 18.8 Å². The third-order valence-electron chi connectivity index (χ3n) is 5.20. The predicted molar refractivity (Wildman–Crippen MR) is 103 cm³/mol. The molecular weight excluding hydrogens is 342 g/mol. The zero-order chi connectivity index (χ0) is 19.0. The first-order valence-electron chi connectivity index (χ1n) is 9.50. The first kappa shape index (κ1) is 17.5. The molecule has 1 aliphatic rings. The van der Waals surface area contributed by atoms with Crippen molar-refractivity contribution in [3.63, 3.8) is 0 Å². The molecule has 0 radical (unpaired) electrons. The predicted octanol–water partition coefficient (Wildman–Crippen LogP) is 2.21. The van der Waals surface area contributed by atoms with Crippen LogP contribution in [-0.4, -0.2) is 25.9 Å². The zero-order valence-electron chi connectivity index (χ0n) is 15.4. The topological polar surface area (TPSA) is 92.2 Å². The summed E-state index contributed by atoms with van der Waals surface area (Å²) in [5, 5.41) is 12.0. The maximum atomic E-state index is 13.0. The van der Waals surface area contributed by atoms with Crippen LogP contribution in [0.4, 0.5) is 0 Å². The van der Waals surface area contributed by atoms with E-state index in [2.05, 4.69) is 10.3 Å². The van der Waals surface area contributed by atoms with Gasteiger partial charge < -0.3 is 9.88 Å². The van der Waals surface area contributed by atoms with E-state index in [4.69, 9.17) is 5.41 Å². The highest BCUT2D eigenvalue weighted by Crippen LogP contribution is 2.18. The van der Waals surface area contributed by atoms with E-state index in [9.17, 15) is 9.59 Å². The molecule has 27 heavy (non-hydrogen) atoms. The quantitative estimate of drug-likeness (QED) is 0.694. The molecule has 3 heterocycles. The summed E-state index contributed by atoms with van der Waals surface area (Å²) in [5.41, 5.74) is 1.10. The van der Waals surface area contributed by atoms with Gasteiger partial charge in [-0.05, 0) is 37.5 Å². The highest BCUT2D eigenvalue weighted by atomic mass is 16.2. The van der Waals surface area contributed by atoms with Gasteiger partial charge >= 0.3 is 0 Å². The fourth-order valence-electron chi connectivity index (χ4n) is 3.83. The van der Waals surface area contributed by atoms with Crippen molar-refractivity contribution in [2.45, 2.75) is 51.6 Å². The van der Waals surface area contributed by atoms with Crippen molar-refractivity contribution < 1.29 is 4.79 Å². The van der Waals surface area contributed by atoms with Gasteiger partial charge in [0.2, 0.25) is 0 Å². The summed E-state index contributed by atoms with van der Waals surface area (Å²) in [5.74, 6) is -0.281. The van der Waals surface area contributed by atoms with Crippen LogP contribution in [0.1, 0.15) is 49.4 Å². The van der Waals surface area contributed by atoms with E-state index in [1.54, 1.807) is 22.9 Å². The summed E-state index contributed by atoms with van der Waals surface area (Å²) in [4.78, 5) is 30.4. The third kappa shape index (κ3) is 3.03. The molecule has 0 bridgehead atoms. The number of fused-ring (bicyclic) bond motifs is 2. The van der Waals surface area contributed by atoms with Crippen molar-refractivity contribution in [1.29, 1.82) is 5.41 Å². The van der Waals surface area contributed by atoms with Gasteiger partial charge in [0.1, 0.15) is 16.8 Å². The van der Waals surface area contributed by atoms with E-state index in [-0.39, 0.29) is 28.6 Å². The summed E-state index contributed by atoms with van der Waals surface area (Å²) >= 11 is 0. The van der Waals surface area contributed by atoms with Crippen molar-refractivity contribution >= 4 is 22.6 Å². The number of carbonyl (C=O) groups is 1. The van der Waals surface area contributed by atoms with Crippen LogP contribution in [0.25, 0.3) is 16.7 Å². The number of nitrogens with zero attached hydrogens (tertiary/aromatic N) is 3. The highest BCUT2D eigenvalue weighted by Gasteiger charge is 2.21. The Balaban J connectivity index is 1.94. The van der Waals surface area contributed by atoms with E-state index in [0.29, 0.717) is 23.2 Å². The van der Waals surface area contributed by atoms with Gasteiger partial charge in [0.15, 0.2) is 0 Å². The van der Waals surface area contributed by atoms with Crippen molar-refractivity contribution in [3.8, 4) is 0 Å². The number of hydrogen-bond acceptors (Lipinski definition) is 4. The van der Waals surface area contributed by atoms with Gasteiger partial charge in [-0.25, -0.2) is 4.98 Å². The number of aryl methyl sites for hydroxylation is 1. The Bertz CT molecular complexity index is 1140. The lowest BCUT2D eigenvalue weighted by Gasteiger charge is -2.16. The number of hydrogen-bond donors (Lipinski definition) is 2. The summed E-state index contributed by atoms with van der Waals surface area (Å²) in [6, 6.07) is 7.05.